The summed E-state index contributed by atoms with van der Waals surface area (Å²) in [4.78, 5) is 15.1. The lowest BCUT2D eigenvalue weighted by Gasteiger charge is -2.22. The van der Waals surface area contributed by atoms with Gasteiger partial charge < -0.3 is 0 Å². The van der Waals surface area contributed by atoms with Gasteiger partial charge in [0.25, 0.3) is 0 Å². The fourth-order valence-corrected chi connectivity index (χ4v) is 4.55. The van der Waals surface area contributed by atoms with Gasteiger partial charge in [-0.1, -0.05) is 66.4 Å². The van der Waals surface area contributed by atoms with Crippen LogP contribution in [0, 0.1) is 6.92 Å². The Balaban J connectivity index is 1.48. The van der Waals surface area contributed by atoms with E-state index in [0.717, 1.165) is 33.5 Å². The summed E-state index contributed by atoms with van der Waals surface area (Å²) in [5.74, 6) is 0.225. The maximum absolute atomic E-state index is 13.3. The molecule has 0 bridgehead atoms. The average Bonchev–Trinajstić information content (AvgIpc) is 3.22. The fourth-order valence-electron chi connectivity index (χ4n) is 3.75. The highest BCUT2D eigenvalue weighted by Crippen LogP contribution is 2.29. The van der Waals surface area contributed by atoms with Crippen LogP contribution in [0.4, 0.5) is 11.4 Å². The van der Waals surface area contributed by atoms with Crippen LogP contribution in [0.15, 0.2) is 96.2 Å². The predicted octanol–water partition coefficient (Wildman–Crippen LogP) is 5.65. The lowest BCUT2D eigenvalue weighted by Crippen LogP contribution is -2.27. The summed E-state index contributed by atoms with van der Waals surface area (Å²) in [6.07, 6.45) is 0. The van der Waals surface area contributed by atoms with Crippen LogP contribution < -0.4 is 4.90 Å². The maximum Gasteiger partial charge on any atom is 0.242 e. The molecule has 5 rings (SSSR count). The van der Waals surface area contributed by atoms with Gasteiger partial charge in [-0.2, -0.15) is 0 Å². The molecule has 0 N–H and O–H groups in total. The lowest BCUT2D eigenvalue weighted by molar-refractivity contribution is -0.115. The summed E-state index contributed by atoms with van der Waals surface area (Å²) >= 11 is 1.40. The highest BCUT2D eigenvalue weighted by atomic mass is 32.2. The van der Waals surface area contributed by atoms with Crippen molar-refractivity contribution in [3.63, 3.8) is 0 Å². The second kappa shape index (κ2) is 8.24. The molecular formula is C25H20N4OS. The van der Waals surface area contributed by atoms with E-state index in [1.807, 2.05) is 83.3 Å². The van der Waals surface area contributed by atoms with Crippen molar-refractivity contribution in [3.05, 3.63) is 96.6 Å². The lowest BCUT2D eigenvalue weighted by atomic mass is 10.1. The number of amides is 1. The number of aromatic nitrogens is 3. The van der Waals surface area contributed by atoms with Gasteiger partial charge in [0.15, 0.2) is 10.8 Å². The van der Waals surface area contributed by atoms with Crippen molar-refractivity contribution in [3.8, 4) is 0 Å². The third-order valence-electron chi connectivity index (χ3n) is 5.18. The quantitative estimate of drug-likeness (QED) is 0.342. The first kappa shape index (κ1) is 19.3. The Hall–Kier alpha value is -3.64. The van der Waals surface area contributed by atoms with Crippen LogP contribution in [0.1, 0.15) is 5.56 Å². The van der Waals surface area contributed by atoms with Gasteiger partial charge in [0.1, 0.15) is 0 Å². The van der Waals surface area contributed by atoms with E-state index in [2.05, 4.69) is 29.3 Å². The molecule has 2 heterocycles. The first-order valence-corrected chi connectivity index (χ1v) is 11.0. The van der Waals surface area contributed by atoms with Crippen LogP contribution in [-0.2, 0) is 4.79 Å². The summed E-state index contributed by atoms with van der Waals surface area (Å²) in [5, 5.41) is 10.6. The minimum absolute atomic E-state index is 0.0180. The number of hydrogen-bond acceptors (Lipinski definition) is 4. The van der Waals surface area contributed by atoms with Crippen LogP contribution >= 0.6 is 11.8 Å². The van der Waals surface area contributed by atoms with Crippen LogP contribution in [0.5, 0.6) is 0 Å². The van der Waals surface area contributed by atoms with Gasteiger partial charge >= 0.3 is 0 Å². The Kier molecular flexibility index (Phi) is 5.14. The molecule has 0 unspecified atom stereocenters. The van der Waals surface area contributed by atoms with E-state index in [-0.39, 0.29) is 11.7 Å². The molecule has 5 nitrogen and oxygen atoms in total. The van der Waals surface area contributed by atoms with Crippen molar-refractivity contribution in [1.29, 1.82) is 0 Å². The molecule has 0 saturated carbocycles. The van der Waals surface area contributed by atoms with E-state index in [9.17, 15) is 4.79 Å². The molecule has 0 fully saturated rings. The zero-order chi connectivity index (χ0) is 21.2. The Morgan fingerprint density at radius 3 is 2.16 bits per heavy atom. The number of para-hydroxylation sites is 3. The van der Waals surface area contributed by atoms with E-state index >= 15 is 0 Å². The number of benzene rings is 3. The molecule has 2 aromatic heterocycles. The zero-order valence-corrected chi connectivity index (χ0v) is 17.8. The number of pyridine rings is 1. The second-order valence-electron chi connectivity index (χ2n) is 7.21. The zero-order valence-electron chi connectivity index (χ0n) is 17.0. The molecule has 0 saturated heterocycles. The standard InChI is InChI=1S/C25H20N4OS/c1-18-16-23-26-27-25(29(23)22-15-9-8-14-21(18)22)31-17-24(30)28(19-10-4-2-5-11-19)20-12-6-3-7-13-20/h2-16H,17H2,1H3. The van der Waals surface area contributed by atoms with E-state index in [0.29, 0.717) is 5.16 Å². The number of hydrogen-bond donors (Lipinski definition) is 0. The van der Waals surface area contributed by atoms with Crippen LogP contribution in [-0.4, -0.2) is 26.3 Å². The molecule has 31 heavy (non-hydrogen) atoms. The highest BCUT2D eigenvalue weighted by molar-refractivity contribution is 7.99. The number of anilines is 2. The minimum Gasteiger partial charge on any atom is -0.280 e. The monoisotopic (exact) mass is 424 g/mol. The van der Waals surface area contributed by atoms with E-state index in [1.165, 1.54) is 11.8 Å². The Morgan fingerprint density at radius 2 is 1.48 bits per heavy atom. The van der Waals surface area contributed by atoms with Crippen LogP contribution in [0.25, 0.3) is 16.6 Å². The molecule has 0 spiro atoms. The number of thioether (sulfide) groups is 1. The first-order chi connectivity index (χ1) is 15.2. The van der Waals surface area contributed by atoms with Gasteiger partial charge in [0.2, 0.25) is 5.91 Å². The van der Waals surface area contributed by atoms with E-state index < -0.39 is 0 Å². The summed E-state index contributed by atoms with van der Waals surface area (Å²) in [5.41, 5.74) is 4.66. The molecule has 0 radical (unpaired) electrons. The number of aryl methyl sites for hydroxylation is 1. The molecule has 0 aliphatic heterocycles. The van der Waals surface area contributed by atoms with Crippen molar-refractivity contribution in [2.24, 2.45) is 0 Å². The highest BCUT2D eigenvalue weighted by Gasteiger charge is 2.20. The molecule has 6 heteroatoms. The molecule has 0 atom stereocenters. The third kappa shape index (κ3) is 3.66. The summed E-state index contributed by atoms with van der Waals surface area (Å²) in [6, 6.07) is 29.6. The van der Waals surface area contributed by atoms with Crippen LogP contribution in [0.2, 0.25) is 0 Å². The van der Waals surface area contributed by atoms with Gasteiger partial charge in [0, 0.05) is 16.8 Å². The molecule has 152 valence electrons. The summed E-state index contributed by atoms with van der Waals surface area (Å²) < 4.78 is 2.02. The van der Waals surface area contributed by atoms with Crippen molar-refractivity contribution >= 4 is 45.6 Å². The fraction of sp³-hybridized carbons (Fsp3) is 0.0800. The first-order valence-electron chi connectivity index (χ1n) is 10.0. The molecule has 5 aromatic rings. The maximum atomic E-state index is 13.3. The number of nitrogens with zero attached hydrogens (tertiary/aromatic N) is 4. The number of fused-ring (bicyclic) bond motifs is 3. The molecule has 1 amide bonds. The topological polar surface area (TPSA) is 50.5 Å². The Morgan fingerprint density at radius 1 is 0.871 bits per heavy atom. The van der Waals surface area contributed by atoms with Gasteiger partial charge in [-0.25, -0.2) is 0 Å². The second-order valence-corrected chi connectivity index (χ2v) is 8.15. The van der Waals surface area contributed by atoms with Crippen molar-refractivity contribution < 1.29 is 4.79 Å². The van der Waals surface area contributed by atoms with E-state index in [1.54, 1.807) is 4.90 Å². The largest absolute Gasteiger partial charge is 0.280 e. The average molecular weight is 425 g/mol. The van der Waals surface area contributed by atoms with Gasteiger partial charge in [0.05, 0.1) is 11.3 Å². The Bertz CT molecular complexity index is 1330. The minimum atomic E-state index is -0.0180. The van der Waals surface area contributed by atoms with Crippen molar-refractivity contribution in [2.45, 2.75) is 12.1 Å². The molecule has 0 aliphatic carbocycles. The summed E-state index contributed by atoms with van der Waals surface area (Å²) in [7, 11) is 0. The van der Waals surface area contributed by atoms with Gasteiger partial charge in [-0.15, -0.1) is 10.2 Å². The summed E-state index contributed by atoms with van der Waals surface area (Å²) in [6.45, 7) is 2.07. The number of rotatable bonds is 5. The van der Waals surface area contributed by atoms with Crippen LogP contribution in [0.3, 0.4) is 0 Å². The molecular weight excluding hydrogens is 404 g/mol. The van der Waals surface area contributed by atoms with Crippen molar-refractivity contribution in [1.82, 2.24) is 14.6 Å². The number of carbonyl (C=O) groups excluding carboxylic acids is 1. The SMILES string of the molecule is Cc1cc2nnc(SCC(=O)N(c3ccccc3)c3ccccc3)n2c2ccccc12. The molecule has 3 aromatic carbocycles. The van der Waals surface area contributed by atoms with Gasteiger partial charge in [-0.3, -0.25) is 14.1 Å². The predicted molar refractivity (Wildman–Crippen MR) is 126 cm³/mol. The van der Waals surface area contributed by atoms with Gasteiger partial charge in [-0.05, 0) is 48.9 Å². The van der Waals surface area contributed by atoms with Crippen molar-refractivity contribution in [2.75, 3.05) is 10.7 Å². The van der Waals surface area contributed by atoms with E-state index in [4.69, 9.17) is 0 Å². The molecule has 0 aliphatic rings. The third-order valence-corrected chi connectivity index (χ3v) is 6.09. The normalized spacial score (nSPS) is 11.1. The Labute approximate surface area is 184 Å². The number of carbonyl (C=O) groups is 1. The smallest absolute Gasteiger partial charge is 0.242 e.